The summed E-state index contributed by atoms with van der Waals surface area (Å²) >= 11 is 0. The van der Waals surface area contributed by atoms with Crippen LogP contribution < -0.4 is 10.6 Å². The molecule has 3 aliphatic rings. The maximum Gasteiger partial charge on any atom is 0.262 e. The summed E-state index contributed by atoms with van der Waals surface area (Å²) in [7, 11) is 0. The molecule has 1 unspecified atom stereocenters. The van der Waals surface area contributed by atoms with Gasteiger partial charge in [0.1, 0.15) is 6.04 Å². The number of nitrogens with one attached hydrogen (secondary N) is 2. The van der Waals surface area contributed by atoms with E-state index in [1.807, 2.05) is 6.92 Å². The lowest BCUT2D eigenvalue weighted by atomic mass is 10.0. The Hall–Kier alpha value is -3.03. The van der Waals surface area contributed by atoms with Crippen molar-refractivity contribution in [2.45, 2.75) is 44.7 Å². The molecule has 1 aromatic rings. The predicted molar refractivity (Wildman–Crippen MR) is 92.8 cm³/mol. The normalized spacial score (nSPS) is 23.1. The number of rotatable bonds is 4. The zero-order valence-corrected chi connectivity index (χ0v) is 14.8. The van der Waals surface area contributed by atoms with Crippen LogP contribution in [0.3, 0.4) is 0 Å². The minimum absolute atomic E-state index is 0.0584. The fraction of sp³-hybridized carbons (Fsp3) is 0.421. The molecule has 0 aromatic heterocycles. The first-order valence-corrected chi connectivity index (χ1v) is 9.03. The first-order chi connectivity index (χ1) is 12.9. The van der Waals surface area contributed by atoms with Gasteiger partial charge in [0.2, 0.25) is 11.8 Å². The van der Waals surface area contributed by atoms with Gasteiger partial charge in [-0.15, -0.1) is 0 Å². The van der Waals surface area contributed by atoms with Crippen LogP contribution in [0.4, 0.5) is 0 Å². The zero-order chi connectivity index (χ0) is 19.3. The van der Waals surface area contributed by atoms with Crippen molar-refractivity contribution in [3.8, 4) is 0 Å². The van der Waals surface area contributed by atoms with E-state index in [0.29, 0.717) is 11.5 Å². The summed E-state index contributed by atoms with van der Waals surface area (Å²) < 4.78 is 0. The molecule has 5 amide bonds. The Balaban J connectivity index is 1.57. The molecule has 140 valence electrons. The SMILES string of the molecule is C[C@@H](NC(=O)c1ccc2c(c1)C(=O)N(C1CCC(=O)NC1=O)C2=O)C1CC1. The maximum absolute atomic E-state index is 12.8. The molecule has 1 saturated carbocycles. The summed E-state index contributed by atoms with van der Waals surface area (Å²) in [6, 6.07) is 3.40. The van der Waals surface area contributed by atoms with Gasteiger partial charge in [-0.25, -0.2) is 0 Å². The van der Waals surface area contributed by atoms with Gasteiger partial charge < -0.3 is 5.32 Å². The second kappa shape index (κ2) is 6.29. The van der Waals surface area contributed by atoms with E-state index in [1.165, 1.54) is 18.2 Å². The molecule has 8 nitrogen and oxygen atoms in total. The molecule has 27 heavy (non-hydrogen) atoms. The van der Waals surface area contributed by atoms with Crippen molar-refractivity contribution in [1.29, 1.82) is 0 Å². The molecule has 2 aliphatic heterocycles. The summed E-state index contributed by atoms with van der Waals surface area (Å²) in [6.07, 6.45) is 2.36. The number of imide groups is 2. The number of carbonyl (C=O) groups excluding carboxylic acids is 5. The minimum atomic E-state index is -1.01. The van der Waals surface area contributed by atoms with E-state index in [9.17, 15) is 24.0 Å². The van der Waals surface area contributed by atoms with Crippen LogP contribution in [0.15, 0.2) is 18.2 Å². The fourth-order valence-electron chi connectivity index (χ4n) is 3.62. The quantitative estimate of drug-likeness (QED) is 0.756. The summed E-state index contributed by atoms with van der Waals surface area (Å²) in [5.41, 5.74) is 0.570. The minimum Gasteiger partial charge on any atom is -0.349 e. The van der Waals surface area contributed by atoms with Gasteiger partial charge in [-0.2, -0.15) is 0 Å². The second-order valence-corrected chi connectivity index (χ2v) is 7.31. The molecule has 2 N–H and O–H groups in total. The summed E-state index contributed by atoms with van der Waals surface area (Å²) in [5, 5.41) is 5.07. The largest absolute Gasteiger partial charge is 0.349 e. The Morgan fingerprint density at radius 2 is 1.81 bits per heavy atom. The van der Waals surface area contributed by atoms with Crippen LogP contribution in [0, 0.1) is 5.92 Å². The van der Waals surface area contributed by atoms with Crippen LogP contribution in [0.25, 0.3) is 0 Å². The van der Waals surface area contributed by atoms with Crippen LogP contribution in [0.2, 0.25) is 0 Å². The highest BCUT2D eigenvalue weighted by Crippen LogP contribution is 2.32. The molecule has 1 aliphatic carbocycles. The Bertz CT molecular complexity index is 889. The zero-order valence-electron chi connectivity index (χ0n) is 14.8. The van der Waals surface area contributed by atoms with Gasteiger partial charge in [0.25, 0.3) is 17.7 Å². The Morgan fingerprint density at radius 3 is 2.48 bits per heavy atom. The molecule has 1 aromatic carbocycles. The topological polar surface area (TPSA) is 113 Å². The van der Waals surface area contributed by atoms with Crippen LogP contribution >= 0.6 is 0 Å². The number of piperidine rings is 1. The molecule has 4 rings (SSSR count). The highest BCUT2D eigenvalue weighted by atomic mass is 16.2. The number of benzene rings is 1. The average molecular weight is 369 g/mol. The van der Waals surface area contributed by atoms with Gasteiger partial charge in [0.05, 0.1) is 11.1 Å². The lowest BCUT2D eigenvalue weighted by molar-refractivity contribution is -0.136. The van der Waals surface area contributed by atoms with E-state index in [4.69, 9.17) is 0 Å². The lowest BCUT2D eigenvalue weighted by Gasteiger charge is -2.27. The van der Waals surface area contributed by atoms with E-state index in [2.05, 4.69) is 10.6 Å². The molecule has 0 bridgehead atoms. The van der Waals surface area contributed by atoms with Gasteiger partial charge in [-0.3, -0.25) is 34.2 Å². The van der Waals surface area contributed by atoms with Gasteiger partial charge in [0, 0.05) is 18.0 Å². The number of fused-ring (bicyclic) bond motifs is 1. The van der Waals surface area contributed by atoms with Crippen molar-refractivity contribution in [3.63, 3.8) is 0 Å². The Labute approximate surface area is 155 Å². The van der Waals surface area contributed by atoms with Crippen molar-refractivity contribution in [1.82, 2.24) is 15.5 Å². The molecular weight excluding hydrogens is 350 g/mol. The highest BCUT2D eigenvalue weighted by Gasteiger charge is 2.44. The fourth-order valence-corrected chi connectivity index (χ4v) is 3.62. The summed E-state index contributed by atoms with van der Waals surface area (Å²) in [6.45, 7) is 1.95. The van der Waals surface area contributed by atoms with Crippen molar-refractivity contribution >= 4 is 29.5 Å². The monoisotopic (exact) mass is 369 g/mol. The lowest BCUT2D eigenvalue weighted by Crippen LogP contribution is -2.54. The Kier molecular flexibility index (Phi) is 4.05. The smallest absolute Gasteiger partial charge is 0.262 e. The predicted octanol–water partition coefficient (Wildman–Crippen LogP) is 0.616. The van der Waals surface area contributed by atoms with Gasteiger partial charge in [0.15, 0.2) is 0 Å². The molecule has 8 heteroatoms. The summed E-state index contributed by atoms with van der Waals surface area (Å²) in [4.78, 5) is 62.1. The van der Waals surface area contributed by atoms with E-state index >= 15 is 0 Å². The van der Waals surface area contributed by atoms with Crippen LogP contribution in [-0.2, 0) is 9.59 Å². The van der Waals surface area contributed by atoms with E-state index in [-0.39, 0.29) is 35.9 Å². The molecule has 2 atom stereocenters. The molecule has 0 radical (unpaired) electrons. The van der Waals surface area contributed by atoms with Crippen LogP contribution in [-0.4, -0.2) is 46.5 Å². The first kappa shape index (κ1) is 17.4. The third-order valence-electron chi connectivity index (χ3n) is 5.39. The van der Waals surface area contributed by atoms with Crippen molar-refractivity contribution < 1.29 is 24.0 Å². The van der Waals surface area contributed by atoms with E-state index in [0.717, 1.165) is 17.7 Å². The third-order valence-corrected chi connectivity index (χ3v) is 5.39. The molecule has 0 spiro atoms. The van der Waals surface area contributed by atoms with E-state index in [1.54, 1.807) is 0 Å². The van der Waals surface area contributed by atoms with Crippen molar-refractivity contribution in [2.24, 2.45) is 5.92 Å². The standard InChI is InChI=1S/C19H19N3O5/c1-9(10-2-3-10)20-16(24)11-4-5-12-13(8-11)19(27)22(18(12)26)14-6-7-15(23)21-17(14)25/h4-5,8-10,14H,2-3,6-7H2,1H3,(H,20,24)(H,21,23,25)/t9-,14?/m1/s1. The van der Waals surface area contributed by atoms with Crippen molar-refractivity contribution in [2.75, 3.05) is 0 Å². The molecule has 1 saturated heterocycles. The van der Waals surface area contributed by atoms with Crippen LogP contribution in [0.5, 0.6) is 0 Å². The van der Waals surface area contributed by atoms with Gasteiger partial charge >= 0.3 is 0 Å². The van der Waals surface area contributed by atoms with Crippen LogP contribution in [0.1, 0.15) is 63.7 Å². The number of carbonyl (C=O) groups is 5. The molecular formula is C19H19N3O5. The maximum atomic E-state index is 12.8. The highest BCUT2D eigenvalue weighted by molar-refractivity contribution is 6.24. The number of nitrogens with zero attached hydrogens (tertiary/aromatic N) is 1. The van der Waals surface area contributed by atoms with Gasteiger partial charge in [-0.1, -0.05) is 0 Å². The number of hydrogen-bond acceptors (Lipinski definition) is 5. The molecule has 2 heterocycles. The van der Waals surface area contributed by atoms with Gasteiger partial charge in [-0.05, 0) is 50.3 Å². The van der Waals surface area contributed by atoms with E-state index < -0.39 is 29.7 Å². The third kappa shape index (κ3) is 3.01. The molecule has 2 fully saturated rings. The first-order valence-electron chi connectivity index (χ1n) is 9.03. The summed E-state index contributed by atoms with van der Waals surface area (Å²) in [5.74, 6) is -2.07. The number of amides is 5. The van der Waals surface area contributed by atoms with Crippen molar-refractivity contribution in [3.05, 3.63) is 34.9 Å². The average Bonchev–Trinajstić information content (AvgIpc) is 3.44. The second-order valence-electron chi connectivity index (χ2n) is 7.31. The number of hydrogen-bond donors (Lipinski definition) is 2. The Morgan fingerprint density at radius 1 is 1.11 bits per heavy atom.